The van der Waals surface area contributed by atoms with E-state index in [1.165, 1.54) is 60.7 Å². The lowest BCUT2D eigenvalue weighted by Gasteiger charge is -2.24. The third-order valence-corrected chi connectivity index (χ3v) is 6.70. The van der Waals surface area contributed by atoms with Gasteiger partial charge in [0.05, 0.1) is 16.7 Å². The fourth-order valence-corrected chi connectivity index (χ4v) is 4.30. The summed E-state index contributed by atoms with van der Waals surface area (Å²) in [6.45, 7) is -0.744. The molecule has 1 fully saturated rings. The van der Waals surface area contributed by atoms with Crippen molar-refractivity contribution in [3.05, 3.63) is 108 Å². The highest BCUT2D eigenvalue weighted by Gasteiger charge is 2.57. The number of halogens is 3. The van der Waals surface area contributed by atoms with Crippen LogP contribution in [0.2, 0.25) is 0 Å². The van der Waals surface area contributed by atoms with Crippen LogP contribution < -0.4 is 0 Å². The summed E-state index contributed by atoms with van der Waals surface area (Å²) in [5, 5.41) is 0. The molecule has 3 aromatic rings. The highest BCUT2D eigenvalue weighted by atomic mass is 32.2. The minimum absolute atomic E-state index is 0.0466. The number of carbonyl (C=O) groups is 3. The maximum Gasteiger partial charge on any atom is 0.523 e. The molecular formula is C27H21F3O10S. The van der Waals surface area contributed by atoms with Crippen LogP contribution in [-0.2, 0) is 33.2 Å². The van der Waals surface area contributed by atoms with Crippen molar-refractivity contribution in [2.24, 2.45) is 0 Å². The Morgan fingerprint density at radius 1 is 0.683 bits per heavy atom. The Morgan fingerprint density at radius 2 is 1.12 bits per heavy atom. The Labute approximate surface area is 231 Å². The molecule has 1 saturated heterocycles. The van der Waals surface area contributed by atoms with Crippen molar-refractivity contribution in [3.8, 4) is 0 Å². The lowest BCUT2D eigenvalue weighted by molar-refractivity contribution is -0.138. The summed E-state index contributed by atoms with van der Waals surface area (Å²) < 4.78 is 89.5. The maximum atomic E-state index is 13.3. The summed E-state index contributed by atoms with van der Waals surface area (Å²) in [4.78, 5) is 38.0. The van der Waals surface area contributed by atoms with Gasteiger partial charge < -0.3 is 18.9 Å². The minimum atomic E-state index is -6.32. The van der Waals surface area contributed by atoms with E-state index in [1.807, 2.05) is 0 Å². The van der Waals surface area contributed by atoms with Crippen molar-refractivity contribution < 1.29 is 59.1 Å². The SMILES string of the molecule is O=C(OC[C@@H]1O[C@@H](OC(=O)c2ccccc2)[C@@H](OS(=O)(=O)C(F)(F)F)[C@@H]1OC(=O)c1ccccc1)c1ccccc1. The second-order valence-corrected chi connectivity index (χ2v) is 10.0. The number of esters is 3. The topological polar surface area (TPSA) is 132 Å². The number of ether oxygens (including phenoxy) is 4. The molecule has 3 aromatic carbocycles. The predicted octanol–water partition coefficient (Wildman–Crippen LogP) is 3.89. The number of rotatable bonds is 9. The molecule has 0 bridgehead atoms. The van der Waals surface area contributed by atoms with Gasteiger partial charge in [-0.25, -0.2) is 18.6 Å². The van der Waals surface area contributed by atoms with Crippen LogP contribution in [0.15, 0.2) is 91.0 Å². The molecule has 14 heteroatoms. The number of carbonyl (C=O) groups excluding carboxylic acids is 3. The smallest absolute Gasteiger partial charge is 0.459 e. The molecule has 0 aromatic heterocycles. The molecule has 0 aliphatic carbocycles. The molecule has 216 valence electrons. The van der Waals surface area contributed by atoms with Crippen molar-refractivity contribution in [2.75, 3.05) is 6.61 Å². The summed E-state index contributed by atoms with van der Waals surface area (Å²) in [5.41, 5.74) is -5.87. The number of hydrogen-bond acceptors (Lipinski definition) is 10. The molecule has 0 unspecified atom stereocenters. The van der Waals surface area contributed by atoms with E-state index >= 15 is 0 Å². The molecule has 41 heavy (non-hydrogen) atoms. The second-order valence-electron chi connectivity index (χ2n) is 8.48. The molecule has 1 heterocycles. The molecule has 0 amide bonds. The van der Waals surface area contributed by atoms with Gasteiger partial charge in [-0.05, 0) is 36.4 Å². The third-order valence-electron chi connectivity index (χ3n) is 5.66. The molecule has 10 nitrogen and oxygen atoms in total. The van der Waals surface area contributed by atoms with E-state index in [0.29, 0.717) is 0 Å². The number of hydrogen-bond donors (Lipinski definition) is 0. The van der Waals surface area contributed by atoms with E-state index in [2.05, 4.69) is 4.18 Å². The van der Waals surface area contributed by atoms with Crippen LogP contribution in [0.5, 0.6) is 0 Å². The van der Waals surface area contributed by atoms with Crippen molar-refractivity contribution >= 4 is 28.0 Å². The van der Waals surface area contributed by atoms with Crippen LogP contribution in [0.4, 0.5) is 13.2 Å². The van der Waals surface area contributed by atoms with Crippen molar-refractivity contribution in [1.29, 1.82) is 0 Å². The van der Waals surface area contributed by atoms with Crippen LogP contribution in [0.3, 0.4) is 0 Å². The molecule has 4 atom stereocenters. The molecule has 0 saturated carbocycles. The third kappa shape index (κ3) is 7.28. The summed E-state index contributed by atoms with van der Waals surface area (Å²) in [5.74, 6) is -3.07. The minimum Gasteiger partial charge on any atom is -0.459 e. The second kappa shape index (κ2) is 12.5. The quantitative estimate of drug-likeness (QED) is 0.156. The first-order valence-electron chi connectivity index (χ1n) is 11.9. The van der Waals surface area contributed by atoms with Gasteiger partial charge in [0, 0.05) is 0 Å². The Bertz CT molecular complexity index is 1470. The monoisotopic (exact) mass is 594 g/mol. The zero-order valence-corrected chi connectivity index (χ0v) is 21.6. The fraction of sp³-hybridized carbons (Fsp3) is 0.222. The predicted molar refractivity (Wildman–Crippen MR) is 133 cm³/mol. The van der Waals surface area contributed by atoms with Crippen LogP contribution >= 0.6 is 0 Å². The number of benzene rings is 3. The Balaban J connectivity index is 1.66. The molecular weight excluding hydrogens is 573 g/mol. The van der Waals surface area contributed by atoms with Gasteiger partial charge in [0.15, 0.2) is 12.2 Å². The molecule has 0 spiro atoms. The van der Waals surface area contributed by atoms with E-state index < -0.39 is 64.7 Å². The Morgan fingerprint density at radius 3 is 1.59 bits per heavy atom. The van der Waals surface area contributed by atoms with Gasteiger partial charge in [-0.2, -0.15) is 21.6 Å². The molecule has 4 rings (SSSR count). The summed E-state index contributed by atoms with van der Waals surface area (Å²) in [7, 11) is -6.32. The molecule has 1 aliphatic heterocycles. The van der Waals surface area contributed by atoms with Crippen molar-refractivity contribution in [2.45, 2.75) is 30.1 Å². The van der Waals surface area contributed by atoms with Crippen molar-refractivity contribution in [1.82, 2.24) is 0 Å². The first-order valence-corrected chi connectivity index (χ1v) is 13.3. The summed E-state index contributed by atoms with van der Waals surface area (Å²) in [6, 6.07) is 22.0. The lowest BCUT2D eigenvalue weighted by atomic mass is 10.1. The average molecular weight is 595 g/mol. The standard InChI is InChI=1S/C27H21F3O10S/c28-27(29,30)41(34,35)40-22-21(38-24(32)18-12-6-2-7-13-18)20(16-36-23(31)17-10-4-1-5-11-17)37-26(22)39-25(33)19-14-8-3-9-15-19/h1-15,20-22,26H,16H2/t20-,21+,22-,26-/m0/s1. The first-order chi connectivity index (χ1) is 19.5. The highest BCUT2D eigenvalue weighted by Crippen LogP contribution is 2.34. The first kappa shape index (κ1) is 29.7. The zero-order chi connectivity index (χ0) is 29.6. The van der Waals surface area contributed by atoms with E-state index in [0.717, 1.165) is 0 Å². The summed E-state index contributed by atoms with van der Waals surface area (Å²) >= 11 is 0. The largest absolute Gasteiger partial charge is 0.523 e. The Hall–Kier alpha value is -4.27. The molecule has 0 radical (unpaired) electrons. The van der Waals surface area contributed by atoms with E-state index in [1.54, 1.807) is 30.3 Å². The van der Waals surface area contributed by atoms with Gasteiger partial charge in [-0.1, -0.05) is 54.6 Å². The van der Waals surface area contributed by atoms with Gasteiger partial charge in [0.2, 0.25) is 6.29 Å². The van der Waals surface area contributed by atoms with Gasteiger partial charge in [-0.3, -0.25) is 0 Å². The fourth-order valence-electron chi connectivity index (χ4n) is 3.70. The molecule has 0 N–H and O–H groups in total. The van der Waals surface area contributed by atoms with Crippen LogP contribution in [-0.4, -0.2) is 63.0 Å². The lowest BCUT2D eigenvalue weighted by Crippen LogP contribution is -2.44. The van der Waals surface area contributed by atoms with E-state index in [-0.39, 0.29) is 16.7 Å². The maximum absolute atomic E-state index is 13.3. The average Bonchev–Trinajstić information content (AvgIpc) is 3.26. The van der Waals surface area contributed by atoms with Crippen LogP contribution in [0.25, 0.3) is 0 Å². The van der Waals surface area contributed by atoms with Gasteiger partial charge in [0.1, 0.15) is 12.7 Å². The van der Waals surface area contributed by atoms with Crippen molar-refractivity contribution in [3.63, 3.8) is 0 Å². The normalized spacial score (nSPS) is 20.7. The van der Waals surface area contributed by atoms with Gasteiger partial charge in [-0.15, -0.1) is 0 Å². The highest BCUT2D eigenvalue weighted by molar-refractivity contribution is 7.87. The molecule has 1 aliphatic rings. The zero-order valence-electron chi connectivity index (χ0n) is 20.8. The van der Waals surface area contributed by atoms with Crippen LogP contribution in [0.1, 0.15) is 31.1 Å². The van der Waals surface area contributed by atoms with Gasteiger partial charge >= 0.3 is 33.5 Å². The van der Waals surface area contributed by atoms with Gasteiger partial charge in [0.25, 0.3) is 0 Å². The Kier molecular flexibility index (Phi) is 9.05. The van der Waals surface area contributed by atoms with E-state index in [9.17, 15) is 36.0 Å². The van der Waals surface area contributed by atoms with Crippen LogP contribution in [0, 0.1) is 0 Å². The van der Waals surface area contributed by atoms with E-state index in [4.69, 9.17) is 18.9 Å². The number of alkyl halides is 3. The summed E-state index contributed by atoms with van der Waals surface area (Å²) in [6.07, 6.45) is -8.02.